The van der Waals surface area contributed by atoms with Crippen LogP contribution in [0.5, 0.6) is 0 Å². The lowest BCUT2D eigenvalue weighted by molar-refractivity contribution is -0.107. The second kappa shape index (κ2) is 5.07. The van der Waals surface area contributed by atoms with E-state index in [0.717, 1.165) is 11.8 Å². The van der Waals surface area contributed by atoms with Crippen LogP contribution >= 0.6 is 0 Å². The molecule has 3 heteroatoms. The van der Waals surface area contributed by atoms with E-state index in [-0.39, 0.29) is 13.0 Å². The van der Waals surface area contributed by atoms with Gasteiger partial charge in [-0.2, -0.15) is 0 Å². The van der Waals surface area contributed by atoms with Crippen LogP contribution in [0.4, 0.5) is 0 Å². The van der Waals surface area contributed by atoms with Gasteiger partial charge in [0.25, 0.3) is 0 Å². The van der Waals surface area contributed by atoms with Gasteiger partial charge >= 0.3 is 0 Å². The van der Waals surface area contributed by atoms with E-state index < -0.39 is 0 Å². The van der Waals surface area contributed by atoms with E-state index in [4.69, 9.17) is 5.11 Å². The first-order valence-corrected chi connectivity index (χ1v) is 3.85. The maximum absolute atomic E-state index is 9.94. The first-order chi connectivity index (χ1) is 6.36. The fraction of sp³-hybridized carbons (Fsp3) is 0.200. The molecule has 3 nitrogen and oxygen atoms in total. The summed E-state index contributed by atoms with van der Waals surface area (Å²) in [5.41, 5.74) is 1.36. The van der Waals surface area contributed by atoms with Crippen LogP contribution in [0, 0.1) is 11.8 Å². The summed E-state index contributed by atoms with van der Waals surface area (Å²) in [7, 11) is 0. The van der Waals surface area contributed by atoms with Crippen LogP contribution in [0.3, 0.4) is 0 Å². The highest BCUT2D eigenvalue weighted by Crippen LogP contribution is 1.98. The number of pyridine rings is 1. The molecular weight excluding hydrogens is 166 g/mol. The Morgan fingerprint density at radius 2 is 2.38 bits per heavy atom. The number of aromatic nitrogens is 1. The van der Waals surface area contributed by atoms with Gasteiger partial charge in [-0.05, 0) is 17.6 Å². The Bertz CT molecular complexity index is 332. The van der Waals surface area contributed by atoms with Crippen molar-refractivity contribution in [2.45, 2.75) is 13.0 Å². The highest BCUT2D eigenvalue weighted by atomic mass is 16.3. The molecule has 13 heavy (non-hydrogen) atoms. The fourth-order valence-electron chi connectivity index (χ4n) is 0.775. The van der Waals surface area contributed by atoms with Crippen LogP contribution < -0.4 is 0 Å². The summed E-state index contributed by atoms with van der Waals surface area (Å²) >= 11 is 0. The largest absolute Gasteiger partial charge is 0.392 e. The van der Waals surface area contributed by atoms with Crippen LogP contribution in [-0.2, 0) is 11.4 Å². The molecule has 0 aliphatic heterocycles. The molecular formula is C10H9NO2. The number of carbonyl (C=O) groups is 1. The van der Waals surface area contributed by atoms with Crippen LogP contribution in [0.1, 0.15) is 17.7 Å². The van der Waals surface area contributed by atoms with Crippen LogP contribution in [0.15, 0.2) is 18.3 Å². The minimum Gasteiger partial charge on any atom is -0.392 e. The molecule has 0 fully saturated rings. The van der Waals surface area contributed by atoms with E-state index in [2.05, 4.69) is 16.8 Å². The summed E-state index contributed by atoms with van der Waals surface area (Å²) in [6.45, 7) is -0.0188. The average Bonchev–Trinajstić information content (AvgIpc) is 2.19. The molecule has 1 heterocycles. The van der Waals surface area contributed by atoms with E-state index in [0.29, 0.717) is 5.69 Å². The lowest BCUT2D eigenvalue weighted by Gasteiger charge is -1.93. The van der Waals surface area contributed by atoms with Gasteiger partial charge in [-0.25, -0.2) is 4.98 Å². The minimum absolute atomic E-state index is 0.0188. The second-order valence-electron chi connectivity index (χ2n) is 2.38. The monoisotopic (exact) mass is 175 g/mol. The van der Waals surface area contributed by atoms with Crippen molar-refractivity contribution >= 4 is 6.29 Å². The Balaban J connectivity index is 2.70. The Morgan fingerprint density at radius 1 is 1.54 bits per heavy atom. The van der Waals surface area contributed by atoms with E-state index in [1.807, 2.05) is 0 Å². The number of aliphatic hydroxyl groups excluding tert-OH is 1. The zero-order chi connectivity index (χ0) is 9.52. The van der Waals surface area contributed by atoms with Gasteiger partial charge in [-0.3, -0.25) is 0 Å². The summed E-state index contributed by atoms with van der Waals surface area (Å²) in [5.74, 6) is 5.37. The molecule has 66 valence electrons. The molecule has 0 bridgehead atoms. The predicted octanol–water partition coefficient (Wildman–Crippen LogP) is 0.514. The molecule has 1 aromatic rings. The minimum atomic E-state index is -0.0188. The molecule has 0 aliphatic carbocycles. The number of hydrogen-bond acceptors (Lipinski definition) is 3. The Hall–Kier alpha value is -1.66. The van der Waals surface area contributed by atoms with Crippen molar-refractivity contribution in [3.05, 3.63) is 29.6 Å². The van der Waals surface area contributed by atoms with Gasteiger partial charge < -0.3 is 9.90 Å². The van der Waals surface area contributed by atoms with Crippen molar-refractivity contribution in [3.8, 4) is 11.8 Å². The zero-order valence-electron chi connectivity index (χ0n) is 7.03. The van der Waals surface area contributed by atoms with Crippen molar-refractivity contribution in [2.24, 2.45) is 0 Å². The smallest absolute Gasteiger partial charge is 0.131 e. The van der Waals surface area contributed by atoms with Crippen molar-refractivity contribution < 1.29 is 9.90 Å². The van der Waals surface area contributed by atoms with Crippen molar-refractivity contribution in [1.29, 1.82) is 0 Å². The first-order valence-electron chi connectivity index (χ1n) is 3.85. The van der Waals surface area contributed by atoms with E-state index in [1.165, 1.54) is 0 Å². The van der Waals surface area contributed by atoms with Gasteiger partial charge in [0.05, 0.1) is 13.0 Å². The van der Waals surface area contributed by atoms with Gasteiger partial charge in [-0.15, -0.1) is 0 Å². The van der Waals surface area contributed by atoms with E-state index in [1.54, 1.807) is 18.3 Å². The molecule has 0 aromatic carbocycles. The molecule has 0 unspecified atom stereocenters. The molecule has 0 saturated heterocycles. The van der Waals surface area contributed by atoms with E-state index in [9.17, 15) is 4.79 Å². The SMILES string of the molecule is O=CCC#Cc1ccc(CO)cn1. The van der Waals surface area contributed by atoms with Crippen LogP contribution in [0.25, 0.3) is 0 Å². The third-order valence-electron chi connectivity index (χ3n) is 1.41. The standard InChI is InChI=1S/C10H9NO2/c12-6-2-1-3-10-5-4-9(8-13)7-11-10/h4-7,13H,2,8H2. The summed E-state index contributed by atoms with van der Waals surface area (Å²) < 4.78 is 0. The number of nitrogens with zero attached hydrogens (tertiary/aromatic N) is 1. The summed E-state index contributed by atoms with van der Waals surface area (Å²) in [4.78, 5) is 13.9. The zero-order valence-corrected chi connectivity index (χ0v) is 7.03. The Kier molecular flexibility index (Phi) is 3.68. The van der Waals surface area contributed by atoms with Crippen LogP contribution in [-0.4, -0.2) is 16.4 Å². The average molecular weight is 175 g/mol. The lowest BCUT2D eigenvalue weighted by Crippen LogP contribution is -1.87. The number of aliphatic hydroxyl groups is 1. The normalized spacial score (nSPS) is 8.69. The lowest BCUT2D eigenvalue weighted by atomic mass is 10.2. The molecule has 1 aromatic heterocycles. The number of rotatable bonds is 2. The molecule has 0 amide bonds. The highest BCUT2D eigenvalue weighted by molar-refractivity contribution is 5.54. The van der Waals surface area contributed by atoms with Crippen molar-refractivity contribution in [1.82, 2.24) is 4.98 Å². The summed E-state index contributed by atoms with van der Waals surface area (Å²) in [6, 6.07) is 3.46. The predicted molar refractivity (Wildman–Crippen MR) is 47.7 cm³/mol. The topological polar surface area (TPSA) is 50.2 Å². The second-order valence-corrected chi connectivity index (χ2v) is 2.38. The quantitative estimate of drug-likeness (QED) is 0.526. The van der Waals surface area contributed by atoms with Crippen molar-refractivity contribution in [2.75, 3.05) is 0 Å². The third kappa shape index (κ3) is 3.06. The fourth-order valence-corrected chi connectivity index (χ4v) is 0.775. The van der Waals surface area contributed by atoms with Gasteiger partial charge in [0, 0.05) is 6.20 Å². The molecule has 0 spiro atoms. The van der Waals surface area contributed by atoms with Gasteiger partial charge in [0.1, 0.15) is 12.0 Å². The van der Waals surface area contributed by atoms with Crippen LogP contribution in [0.2, 0.25) is 0 Å². The Labute approximate surface area is 76.4 Å². The van der Waals surface area contributed by atoms with Gasteiger partial charge in [0.15, 0.2) is 0 Å². The third-order valence-corrected chi connectivity index (χ3v) is 1.41. The first kappa shape index (κ1) is 9.43. The number of aldehydes is 1. The summed E-state index contributed by atoms with van der Waals surface area (Å²) in [6.07, 6.45) is 2.53. The maximum Gasteiger partial charge on any atom is 0.131 e. The maximum atomic E-state index is 9.94. The van der Waals surface area contributed by atoms with Crippen molar-refractivity contribution in [3.63, 3.8) is 0 Å². The molecule has 0 atom stereocenters. The molecule has 0 saturated carbocycles. The van der Waals surface area contributed by atoms with E-state index >= 15 is 0 Å². The Morgan fingerprint density at radius 3 is 2.92 bits per heavy atom. The molecule has 1 N–H and O–H groups in total. The highest BCUT2D eigenvalue weighted by Gasteiger charge is 1.90. The van der Waals surface area contributed by atoms with Gasteiger partial charge in [-0.1, -0.05) is 12.0 Å². The molecule has 0 aliphatic rings. The number of hydrogen-bond donors (Lipinski definition) is 1. The molecule has 0 radical (unpaired) electrons. The molecule has 1 rings (SSSR count). The van der Waals surface area contributed by atoms with Gasteiger partial charge in [0.2, 0.25) is 0 Å². The number of carbonyl (C=O) groups excluding carboxylic acids is 1. The summed E-state index contributed by atoms with van der Waals surface area (Å²) in [5, 5.41) is 8.72.